The number of hydrogen-bond donors (Lipinski definition) is 1. The zero-order valence-corrected chi connectivity index (χ0v) is 18.6. The lowest BCUT2D eigenvalue weighted by Gasteiger charge is -2.43. The minimum Gasteiger partial charge on any atom is -0.454 e. The molecule has 2 amide bonds. The first-order valence-electron chi connectivity index (χ1n) is 12.1. The van der Waals surface area contributed by atoms with E-state index < -0.39 is 0 Å². The highest BCUT2D eigenvalue weighted by atomic mass is 16.7. The molecular weight excluding hydrogens is 392 g/mol. The van der Waals surface area contributed by atoms with Crippen LogP contribution in [0.4, 0.5) is 4.79 Å². The van der Waals surface area contributed by atoms with Crippen LogP contribution in [0.1, 0.15) is 50.5 Å². The number of piperidine rings is 1. The number of nitrogens with one attached hydrogen (secondary N) is 1. The monoisotopic (exact) mass is 428 g/mol. The van der Waals surface area contributed by atoms with Gasteiger partial charge in [-0.05, 0) is 43.4 Å². The number of piperazine rings is 1. The first-order valence-corrected chi connectivity index (χ1v) is 12.1. The zero-order chi connectivity index (χ0) is 21.0. The third-order valence-electron chi connectivity index (χ3n) is 7.38. The third-order valence-corrected chi connectivity index (χ3v) is 7.38. The van der Waals surface area contributed by atoms with E-state index in [1.54, 1.807) is 0 Å². The van der Waals surface area contributed by atoms with E-state index in [9.17, 15) is 4.79 Å². The SMILES string of the molecule is O=C(NC1CCCCC1)N1CCC[C@H](N2CCN(Cc3ccc4c(c3)OCO4)CC2)C1. The van der Waals surface area contributed by atoms with E-state index in [1.165, 1.54) is 31.2 Å². The van der Waals surface area contributed by atoms with Crippen LogP contribution >= 0.6 is 0 Å². The first kappa shape index (κ1) is 20.9. The smallest absolute Gasteiger partial charge is 0.317 e. The molecule has 2 saturated heterocycles. The molecule has 7 nitrogen and oxygen atoms in total. The van der Waals surface area contributed by atoms with Gasteiger partial charge in [-0.2, -0.15) is 0 Å². The molecule has 170 valence electrons. The largest absolute Gasteiger partial charge is 0.454 e. The van der Waals surface area contributed by atoms with Crippen molar-refractivity contribution in [1.29, 1.82) is 0 Å². The fraction of sp³-hybridized carbons (Fsp3) is 0.708. The molecule has 4 aliphatic rings. The molecule has 3 fully saturated rings. The number of urea groups is 1. The van der Waals surface area contributed by atoms with Crippen LogP contribution in [0.5, 0.6) is 11.5 Å². The van der Waals surface area contributed by atoms with Crippen molar-refractivity contribution in [3.8, 4) is 11.5 Å². The van der Waals surface area contributed by atoms with Gasteiger partial charge in [-0.15, -0.1) is 0 Å². The number of carbonyl (C=O) groups is 1. The van der Waals surface area contributed by atoms with Gasteiger partial charge < -0.3 is 19.7 Å². The number of carbonyl (C=O) groups excluding carboxylic acids is 1. The second kappa shape index (κ2) is 9.65. The molecule has 1 aliphatic carbocycles. The number of rotatable bonds is 4. The highest BCUT2D eigenvalue weighted by molar-refractivity contribution is 5.74. The molecule has 5 rings (SSSR count). The molecule has 1 aromatic rings. The number of nitrogens with zero attached hydrogens (tertiary/aromatic N) is 3. The Kier molecular flexibility index (Phi) is 6.50. The van der Waals surface area contributed by atoms with Crippen molar-refractivity contribution in [3.05, 3.63) is 23.8 Å². The van der Waals surface area contributed by atoms with Crippen LogP contribution in [-0.4, -0.2) is 78.9 Å². The Labute approximate surface area is 185 Å². The van der Waals surface area contributed by atoms with Crippen molar-refractivity contribution in [2.24, 2.45) is 0 Å². The molecule has 3 aliphatic heterocycles. The lowest BCUT2D eigenvalue weighted by atomic mass is 9.95. The quantitative estimate of drug-likeness (QED) is 0.799. The molecule has 0 unspecified atom stereocenters. The third kappa shape index (κ3) is 5.09. The van der Waals surface area contributed by atoms with E-state index in [-0.39, 0.29) is 6.03 Å². The molecule has 3 heterocycles. The molecule has 1 atom stereocenters. The standard InChI is InChI=1S/C24H36N4O3/c29-24(25-20-5-2-1-3-6-20)28-10-4-7-21(17-28)27-13-11-26(12-14-27)16-19-8-9-22-23(15-19)31-18-30-22/h8-9,15,20-21H,1-7,10-14,16-18H2,(H,25,29)/t21-/m0/s1. The summed E-state index contributed by atoms with van der Waals surface area (Å²) < 4.78 is 10.9. The minimum absolute atomic E-state index is 0.165. The first-order chi connectivity index (χ1) is 15.2. The van der Waals surface area contributed by atoms with Crippen LogP contribution < -0.4 is 14.8 Å². The van der Waals surface area contributed by atoms with Gasteiger partial charge in [0.05, 0.1) is 0 Å². The van der Waals surface area contributed by atoms with Gasteiger partial charge in [-0.1, -0.05) is 25.3 Å². The average molecular weight is 429 g/mol. The molecule has 0 radical (unpaired) electrons. The summed E-state index contributed by atoms with van der Waals surface area (Å²) in [4.78, 5) is 20.0. The Balaban J connectivity index is 1.09. The maximum absolute atomic E-state index is 12.8. The lowest BCUT2D eigenvalue weighted by molar-refractivity contribution is 0.0575. The normalized spacial score (nSPS) is 25.5. The van der Waals surface area contributed by atoms with Crippen LogP contribution in [0, 0.1) is 0 Å². The number of hydrogen-bond acceptors (Lipinski definition) is 5. The number of amides is 2. The Morgan fingerprint density at radius 3 is 2.58 bits per heavy atom. The van der Waals surface area contributed by atoms with E-state index >= 15 is 0 Å². The van der Waals surface area contributed by atoms with Crippen LogP contribution in [0.2, 0.25) is 0 Å². The van der Waals surface area contributed by atoms with Crippen molar-refractivity contribution >= 4 is 6.03 Å². The summed E-state index contributed by atoms with van der Waals surface area (Å²) in [7, 11) is 0. The maximum atomic E-state index is 12.8. The van der Waals surface area contributed by atoms with Crippen molar-refractivity contribution in [3.63, 3.8) is 0 Å². The summed E-state index contributed by atoms with van der Waals surface area (Å²) >= 11 is 0. The molecule has 1 saturated carbocycles. The maximum Gasteiger partial charge on any atom is 0.317 e. The molecule has 0 bridgehead atoms. The van der Waals surface area contributed by atoms with E-state index in [2.05, 4.69) is 32.1 Å². The molecule has 1 N–H and O–H groups in total. The fourth-order valence-corrected chi connectivity index (χ4v) is 5.53. The van der Waals surface area contributed by atoms with Gasteiger partial charge in [0.25, 0.3) is 0 Å². The van der Waals surface area contributed by atoms with Crippen molar-refractivity contribution in [2.75, 3.05) is 46.1 Å². The van der Waals surface area contributed by atoms with Crippen molar-refractivity contribution in [1.82, 2.24) is 20.0 Å². The predicted octanol–water partition coefficient (Wildman–Crippen LogP) is 3.04. The predicted molar refractivity (Wildman–Crippen MR) is 119 cm³/mol. The van der Waals surface area contributed by atoms with Gasteiger partial charge in [0.15, 0.2) is 11.5 Å². The van der Waals surface area contributed by atoms with Crippen LogP contribution in [0.25, 0.3) is 0 Å². The zero-order valence-electron chi connectivity index (χ0n) is 18.6. The molecule has 31 heavy (non-hydrogen) atoms. The van der Waals surface area contributed by atoms with Gasteiger partial charge in [0, 0.05) is 57.9 Å². The number of ether oxygens (including phenoxy) is 2. The highest BCUT2D eigenvalue weighted by Crippen LogP contribution is 2.33. The molecule has 1 aromatic carbocycles. The summed E-state index contributed by atoms with van der Waals surface area (Å²) in [6, 6.07) is 7.32. The van der Waals surface area contributed by atoms with E-state index in [0.29, 0.717) is 18.9 Å². The van der Waals surface area contributed by atoms with Gasteiger partial charge in [0.2, 0.25) is 6.79 Å². The summed E-state index contributed by atoms with van der Waals surface area (Å²) in [5, 5.41) is 3.31. The van der Waals surface area contributed by atoms with E-state index in [0.717, 1.165) is 76.6 Å². The second-order valence-electron chi connectivity index (χ2n) is 9.53. The Bertz CT molecular complexity index is 759. The number of fused-ring (bicyclic) bond motifs is 1. The van der Waals surface area contributed by atoms with Gasteiger partial charge >= 0.3 is 6.03 Å². The van der Waals surface area contributed by atoms with Gasteiger partial charge in [-0.25, -0.2) is 4.79 Å². The number of likely N-dealkylation sites (tertiary alicyclic amines) is 1. The summed E-state index contributed by atoms with van der Waals surface area (Å²) in [5.41, 5.74) is 1.28. The van der Waals surface area contributed by atoms with Crippen LogP contribution in [-0.2, 0) is 6.54 Å². The molecule has 0 aromatic heterocycles. The van der Waals surface area contributed by atoms with E-state index in [1.807, 2.05) is 6.07 Å². The Morgan fingerprint density at radius 1 is 0.935 bits per heavy atom. The molecule has 0 spiro atoms. The lowest BCUT2D eigenvalue weighted by Crippen LogP contribution is -2.57. The fourth-order valence-electron chi connectivity index (χ4n) is 5.53. The van der Waals surface area contributed by atoms with Crippen molar-refractivity contribution in [2.45, 2.75) is 63.6 Å². The van der Waals surface area contributed by atoms with Gasteiger partial charge in [-0.3, -0.25) is 9.80 Å². The summed E-state index contributed by atoms with van der Waals surface area (Å²) in [6.45, 7) is 7.35. The average Bonchev–Trinajstić information content (AvgIpc) is 3.28. The molecule has 7 heteroatoms. The van der Waals surface area contributed by atoms with E-state index in [4.69, 9.17) is 9.47 Å². The topological polar surface area (TPSA) is 57.3 Å². The molecular formula is C24H36N4O3. The Hall–Kier alpha value is -1.99. The van der Waals surface area contributed by atoms with Crippen LogP contribution in [0.15, 0.2) is 18.2 Å². The summed E-state index contributed by atoms with van der Waals surface area (Å²) in [6.07, 6.45) is 8.44. The highest BCUT2D eigenvalue weighted by Gasteiger charge is 2.31. The Morgan fingerprint density at radius 2 is 1.74 bits per heavy atom. The second-order valence-corrected chi connectivity index (χ2v) is 9.53. The van der Waals surface area contributed by atoms with Crippen LogP contribution in [0.3, 0.4) is 0 Å². The van der Waals surface area contributed by atoms with Crippen molar-refractivity contribution < 1.29 is 14.3 Å². The van der Waals surface area contributed by atoms with Gasteiger partial charge in [0.1, 0.15) is 0 Å². The minimum atomic E-state index is 0.165. The number of benzene rings is 1. The summed E-state index contributed by atoms with van der Waals surface area (Å²) in [5.74, 6) is 1.72.